The van der Waals surface area contributed by atoms with Crippen molar-refractivity contribution in [3.63, 3.8) is 0 Å². The number of rotatable bonds is 6. The summed E-state index contributed by atoms with van der Waals surface area (Å²) in [6.07, 6.45) is 6.19. The van der Waals surface area contributed by atoms with Crippen LogP contribution in [-0.2, 0) is 0 Å². The van der Waals surface area contributed by atoms with Crippen LogP contribution < -0.4 is 19.1 Å². The first-order valence-electron chi connectivity index (χ1n) is 10.9. The molecule has 1 aromatic heterocycles. The summed E-state index contributed by atoms with van der Waals surface area (Å²) in [5.41, 5.74) is 0.513. The van der Waals surface area contributed by atoms with Gasteiger partial charge < -0.3 is 24.0 Å². The summed E-state index contributed by atoms with van der Waals surface area (Å²) in [6.45, 7) is 2.58. The van der Waals surface area contributed by atoms with E-state index in [0.717, 1.165) is 18.7 Å². The fourth-order valence-electron chi connectivity index (χ4n) is 4.26. The Morgan fingerprint density at radius 1 is 0.935 bits per heavy atom. The highest BCUT2D eigenvalue weighted by atomic mass is 16.5. The summed E-state index contributed by atoms with van der Waals surface area (Å²) >= 11 is 0. The number of nitrogens with zero attached hydrogens (tertiary/aromatic N) is 4. The summed E-state index contributed by atoms with van der Waals surface area (Å²) in [5.74, 6) is 2.36. The van der Waals surface area contributed by atoms with Crippen molar-refractivity contribution in [1.29, 1.82) is 0 Å². The highest BCUT2D eigenvalue weighted by Gasteiger charge is 2.26. The average molecular weight is 427 g/mol. The van der Waals surface area contributed by atoms with E-state index in [2.05, 4.69) is 15.1 Å². The van der Waals surface area contributed by atoms with E-state index in [1.807, 2.05) is 17.0 Å². The van der Waals surface area contributed by atoms with Gasteiger partial charge in [-0.05, 0) is 43.9 Å². The number of carbonyl (C=O) groups excluding carboxylic acids is 1. The fourth-order valence-corrected chi connectivity index (χ4v) is 4.26. The van der Waals surface area contributed by atoms with Crippen molar-refractivity contribution in [2.75, 3.05) is 45.3 Å². The molecular weight excluding hydrogens is 396 g/mol. The Morgan fingerprint density at radius 2 is 1.71 bits per heavy atom. The first-order valence-corrected chi connectivity index (χ1v) is 10.9. The highest BCUT2D eigenvalue weighted by molar-refractivity contribution is 5.98. The van der Waals surface area contributed by atoms with Gasteiger partial charge in [0.05, 0.1) is 19.8 Å². The van der Waals surface area contributed by atoms with Gasteiger partial charge in [-0.25, -0.2) is 0 Å². The lowest BCUT2D eigenvalue weighted by atomic mass is 9.98. The van der Waals surface area contributed by atoms with Gasteiger partial charge in [-0.1, -0.05) is 12.5 Å². The molecular formula is C23H30N4O4. The number of ether oxygens (including phenoxy) is 3. The summed E-state index contributed by atoms with van der Waals surface area (Å²) in [6, 6.07) is 9.21. The molecule has 0 bridgehead atoms. The monoisotopic (exact) mass is 426 g/mol. The van der Waals surface area contributed by atoms with Crippen molar-refractivity contribution in [3.05, 3.63) is 35.9 Å². The van der Waals surface area contributed by atoms with Gasteiger partial charge in [0.25, 0.3) is 5.91 Å². The van der Waals surface area contributed by atoms with Gasteiger partial charge in [0.2, 0.25) is 5.88 Å². The van der Waals surface area contributed by atoms with E-state index in [1.165, 1.54) is 19.3 Å². The van der Waals surface area contributed by atoms with Gasteiger partial charge >= 0.3 is 0 Å². The summed E-state index contributed by atoms with van der Waals surface area (Å²) in [7, 11) is 3.12. The molecule has 2 aliphatic rings. The molecule has 1 saturated carbocycles. The van der Waals surface area contributed by atoms with Crippen molar-refractivity contribution in [1.82, 2.24) is 15.1 Å². The third kappa shape index (κ3) is 4.84. The quantitative estimate of drug-likeness (QED) is 0.702. The molecule has 0 N–H and O–H groups in total. The molecule has 1 amide bonds. The van der Waals surface area contributed by atoms with Crippen LogP contribution in [0.15, 0.2) is 30.3 Å². The predicted molar refractivity (Wildman–Crippen MR) is 117 cm³/mol. The molecule has 2 heterocycles. The SMILES string of the molecule is COc1cccc(C(=O)N2CCN(c3ccc(OC4CCCCC4)nn3)CC2)c1OC. The van der Waals surface area contributed by atoms with Gasteiger partial charge in [0.1, 0.15) is 6.10 Å². The largest absolute Gasteiger partial charge is 0.493 e. The minimum Gasteiger partial charge on any atom is -0.493 e. The van der Waals surface area contributed by atoms with Crippen molar-refractivity contribution >= 4 is 11.7 Å². The minimum atomic E-state index is -0.0577. The van der Waals surface area contributed by atoms with Crippen LogP contribution in [0.2, 0.25) is 0 Å². The topological polar surface area (TPSA) is 77.0 Å². The molecule has 8 nitrogen and oxygen atoms in total. The Bertz CT molecular complexity index is 876. The molecule has 0 spiro atoms. The Kier molecular flexibility index (Phi) is 6.74. The number of benzene rings is 1. The second kappa shape index (κ2) is 9.85. The Hall–Kier alpha value is -3.03. The maximum absolute atomic E-state index is 13.1. The van der Waals surface area contributed by atoms with Gasteiger partial charge in [0, 0.05) is 32.2 Å². The molecule has 1 aliphatic carbocycles. The van der Waals surface area contributed by atoms with Crippen LogP contribution in [0, 0.1) is 0 Å². The van der Waals surface area contributed by atoms with E-state index in [1.54, 1.807) is 32.4 Å². The Morgan fingerprint density at radius 3 is 2.35 bits per heavy atom. The van der Waals surface area contributed by atoms with Crippen LogP contribution in [-0.4, -0.2) is 67.5 Å². The van der Waals surface area contributed by atoms with Gasteiger partial charge in [-0.15, -0.1) is 10.2 Å². The van der Waals surface area contributed by atoms with E-state index in [9.17, 15) is 4.79 Å². The molecule has 1 saturated heterocycles. The van der Waals surface area contributed by atoms with Crippen LogP contribution in [0.1, 0.15) is 42.5 Å². The van der Waals surface area contributed by atoms with Crippen LogP contribution in [0.3, 0.4) is 0 Å². The maximum Gasteiger partial charge on any atom is 0.257 e. The van der Waals surface area contributed by atoms with Gasteiger partial charge in [-0.2, -0.15) is 0 Å². The lowest BCUT2D eigenvalue weighted by Crippen LogP contribution is -2.49. The number of aromatic nitrogens is 2. The number of para-hydroxylation sites is 1. The molecule has 0 atom stereocenters. The zero-order valence-electron chi connectivity index (χ0n) is 18.2. The zero-order valence-corrected chi connectivity index (χ0v) is 18.2. The number of amides is 1. The summed E-state index contributed by atoms with van der Waals surface area (Å²) in [5, 5.41) is 8.62. The summed E-state index contributed by atoms with van der Waals surface area (Å²) < 4.78 is 16.7. The van der Waals surface area contributed by atoms with Crippen molar-refractivity contribution in [3.8, 4) is 17.4 Å². The van der Waals surface area contributed by atoms with Crippen LogP contribution >= 0.6 is 0 Å². The van der Waals surface area contributed by atoms with Crippen molar-refractivity contribution < 1.29 is 19.0 Å². The van der Waals surface area contributed by atoms with E-state index >= 15 is 0 Å². The molecule has 0 radical (unpaired) electrons. The standard InChI is InChI=1S/C23H30N4O4/c1-29-19-10-6-9-18(22(19)30-2)23(28)27-15-13-26(14-16-27)20-11-12-21(25-24-20)31-17-7-4-3-5-8-17/h6,9-12,17H,3-5,7-8,13-16H2,1-2H3. The second-order valence-electron chi connectivity index (χ2n) is 7.93. The van der Waals surface area contributed by atoms with Crippen LogP contribution in [0.25, 0.3) is 0 Å². The van der Waals surface area contributed by atoms with E-state index in [-0.39, 0.29) is 12.0 Å². The molecule has 8 heteroatoms. The van der Waals surface area contributed by atoms with Crippen LogP contribution in [0.5, 0.6) is 17.4 Å². The molecule has 1 aliphatic heterocycles. The Labute approximate surface area is 183 Å². The normalized spacial score (nSPS) is 17.4. The van der Waals surface area contributed by atoms with Crippen LogP contribution in [0.4, 0.5) is 5.82 Å². The molecule has 2 aromatic rings. The smallest absolute Gasteiger partial charge is 0.257 e. The molecule has 31 heavy (non-hydrogen) atoms. The third-order valence-corrected chi connectivity index (χ3v) is 5.99. The second-order valence-corrected chi connectivity index (χ2v) is 7.93. The van der Waals surface area contributed by atoms with E-state index in [4.69, 9.17) is 14.2 Å². The highest BCUT2D eigenvalue weighted by Crippen LogP contribution is 2.32. The molecule has 4 rings (SSSR count). The number of anilines is 1. The molecule has 2 fully saturated rings. The predicted octanol–water partition coefficient (Wildman–Crippen LogP) is 3.17. The number of hydrogen-bond acceptors (Lipinski definition) is 7. The number of piperazine rings is 1. The van der Waals surface area contributed by atoms with E-state index in [0.29, 0.717) is 49.1 Å². The van der Waals surface area contributed by atoms with E-state index < -0.39 is 0 Å². The molecule has 166 valence electrons. The zero-order chi connectivity index (χ0) is 21.6. The first kappa shape index (κ1) is 21.2. The Balaban J connectivity index is 1.35. The van der Waals surface area contributed by atoms with Crippen molar-refractivity contribution in [2.45, 2.75) is 38.2 Å². The van der Waals surface area contributed by atoms with Crippen molar-refractivity contribution in [2.24, 2.45) is 0 Å². The van der Waals surface area contributed by atoms with Gasteiger partial charge in [0.15, 0.2) is 17.3 Å². The lowest BCUT2D eigenvalue weighted by molar-refractivity contribution is 0.0742. The fraction of sp³-hybridized carbons (Fsp3) is 0.522. The average Bonchev–Trinajstić information content (AvgIpc) is 2.84. The number of methoxy groups -OCH3 is 2. The van der Waals surface area contributed by atoms with Gasteiger partial charge in [-0.3, -0.25) is 4.79 Å². The number of hydrogen-bond donors (Lipinski definition) is 0. The maximum atomic E-state index is 13.1. The first-order chi connectivity index (χ1) is 15.2. The lowest BCUT2D eigenvalue weighted by Gasteiger charge is -2.35. The summed E-state index contributed by atoms with van der Waals surface area (Å²) in [4.78, 5) is 17.0. The molecule has 0 unspecified atom stereocenters. The third-order valence-electron chi connectivity index (χ3n) is 5.99. The minimum absolute atomic E-state index is 0.0577. The molecule has 1 aromatic carbocycles. The number of carbonyl (C=O) groups is 1.